The SMILES string of the molecule is Cc1nn(-c2ccc(F)cc2)c(C)c1CC(=O)NC1CCN(Cc2ccc(Cl)cc2)CC1. The predicted octanol–water partition coefficient (Wildman–Crippen LogP) is 4.60. The standard InChI is InChI=1S/C25H28ClFN4O/c1-17-24(18(2)31(29-17)23-9-7-21(27)8-10-23)15-25(32)28-22-11-13-30(14-12-22)16-19-3-5-20(26)6-4-19/h3-10,22H,11-16H2,1-2H3,(H,28,32). The number of carbonyl (C=O) groups excluding carboxylic acids is 1. The Labute approximate surface area is 193 Å². The minimum atomic E-state index is -0.283. The van der Waals surface area contributed by atoms with Crippen LogP contribution in [0.3, 0.4) is 0 Å². The molecule has 0 radical (unpaired) electrons. The van der Waals surface area contributed by atoms with Gasteiger partial charge in [-0.15, -0.1) is 0 Å². The van der Waals surface area contributed by atoms with E-state index in [-0.39, 0.29) is 17.8 Å². The lowest BCUT2D eigenvalue weighted by Crippen LogP contribution is -2.44. The number of rotatable bonds is 6. The van der Waals surface area contributed by atoms with E-state index < -0.39 is 0 Å². The Hall–Kier alpha value is -2.70. The topological polar surface area (TPSA) is 50.2 Å². The summed E-state index contributed by atoms with van der Waals surface area (Å²) in [6.45, 7) is 6.66. The van der Waals surface area contributed by atoms with Gasteiger partial charge in [0.05, 0.1) is 17.8 Å². The van der Waals surface area contributed by atoms with Crippen LogP contribution in [-0.4, -0.2) is 39.7 Å². The van der Waals surface area contributed by atoms with Crippen molar-refractivity contribution in [3.8, 4) is 5.69 Å². The van der Waals surface area contributed by atoms with E-state index in [4.69, 9.17) is 11.6 Å². The van der Waals surface area contributed by atoms with Crippen LogP contribution in [0, 0.1) is 19.7 Å². The summed E-state index contributed by atoms with van der Waals surface area (Å²) in [6, 6.07) is 14.4. The number of likely N-dealkylation sites (tertiary alicyclic amines) is 1. The number of hydrogen-bond acceptors (Lipinski definition) is 3. The highest BCUT2D eigenvalue weighted by Crippen LogP contribution is 2.20. The van der Waals surface area contributed by atoms with Crippen LogP contribution in [0.25, 0.3) is 5.69 Å². The number of carbonyl (C=O) groups is 1. The molecule has 1 N–H and O–H groups in total. The average Bonchev–Trinajstić information content (AvgIpc) is 3.05. The van der Waals surface area contributed by atoms with Crippen molar-refractivity contribution < 1.29 is 9.18 Å². The van der Waals surface area contributed by atoms with Crippen LogP contribution in [0.1, 0.15) is 35.4 Å². The molecule has 1 saturated heterocycles. The van der Waals surface area contributed by atoms with Gasteiger partial charge in [-0.3, -0.25) is 9.69 Å². The van der Waals surface area contributed by atoms with Crippen molar-refractivity contribution in [1.29, 1.82) is 0 Å². The molecule has 0 spiro atoms. The molecule has 2 aromatic carbocycles. The van der Waals surface area contributed by atoms with Gasteiger partial charge in [0.2, 0.25) is 5.91 Å². The van der Waals surface area contributed by atoms with E-state index in [0.29, 0.717) is 6.42 Å². The molecular weight excluding hydrogens is 427 g/mol. The van der Waals surface area contributed by atoms with Crippen molar-refractivity contribution in [1.82, 2.24) is 20.0 Å². The Balaban J connectivity index is 1.31. The summed E-state index contributed by atoms with van der Waals surface area (Å²) in [5, 5.41) is 8.52. The molecule has 0 saturated carbocycles. The number of aryl methyl sites for hydroxylation is 1. The number of aromatic nitrogens is 2. The summed E-state index contributed by atoms with van der Waals surface area (Å²) in [4.78, 5) is 15.2. The lowest BCUT2D eigenvalue weighted by Gasteiger charge is -2.32. The van der Waals surface area contributed by atoms with E-state index in [1.165, 1.54) is 17.7 Å². The molecule has 3 aromatic rings. The van der Waals surface area contributed by atoms with E-state index >= 15 is 0 Å². The van der Waals surface area contributed by atoms with E-state index in [0.717, 1.165) is 60.1 Å². The van der Waals surface area contributed by atoms with Gasteiger partial charge in [0.1, 0.15) is 5.82 Å². The highest BCUT2D eigenvalue weighted by Gasteiger charge is 2.22. The molecular formula is C25H28ClFN4O. The summed E-state index contributed by atoms with van der Waals surface area (Å²) in [5.41, 5.74) is 4.68. The molecule has 0 atom stereocenters. The van der Waals surface area contributed by atoms with Gasteiger partial charge >= 0.3 is 0 Å². The Morgan fingerprint density at radius 2 is 1.75 bits per heavy atom. The summed E-state index contributed by atoms with van der Waals surface area (Å²) < 4.78 is 15.0. The van der Waals surface area contributed by atoms with Crippen LogP contribution in [0.2, 0.25) is 5.02 Å². The fourth-order valence-corrected chi connectivity index (χ4v) is 4.41. The van der Waals surface area contributed by atoms with E-state index in [1.807, 2.05) is 26.0 Å². The molecule has 0 aliphatic carbocycles. The fraction of sp³-hybridized carbons (Fsp3) is 0.360. The second-order valence-corrected chi connectivity index (χ2v) is 8.90. The van der Waals surface area contributed by atoms with Crippen molar-refractivity contribution >= 4 is 17.5 Å². The third-order valence-corrected chi connectivity index (χ3v) is 6.37. The minimum Gasteiger partial charge on any atom is -0.353 e. The number of benzene rings is 2. The van der Waals surface area contributed by atoms with E-state index in [9.17, 15) is 9.18 Å². The quantitative estimate of drug-likeness (QED) is 0.592. The van der Waals surface area contributed by atoms with Gasteiger partial charge in [-0.25, -0.2) is 9.07 Å². The van der Waals surface area contributed by atoms with Crippen molar-refractivity contribution in [2.75, 3.05) is 13.1 Å². The monoisotopic (exact) mass is 454 g/mol. The number of hydrogen-bond donors (Lipinski definition) is 1. The Morgan fingerprint density at radius 3 is 2.41 bits per heavy atom. The van der Waals surface area contributed by atoms with Gasteiger partial charge in [-0.05, 0) is 68.7 Å². The Bertz CT molecular complexity index is 1070. The van der Waals surface area contributed by atoms with Crippen molar-refractivity contribution in [3.63, 3.8) is 0 Å². The zero-order valence-corrected chi connectivity index (χ0v) is 19.2. The molecule has 4 rings (SSSR count). The molecule has 1 aliphatic rings. The second-order valence-electron chi connectivity index (χ2n) is 8.46. The molecule has 5 nitrogen and oxygen atoms in total. The number of halogens is 2. The van der Waals surface area contributed by atoms with Gasteiger partial charge in [-0.2, -0.15) is 5.10 Å². The van der Waals surface area contributed by atoms with Crippen LogP contribution in [0.5, 0.6) is 0 Å². The van der Waals surface area contributed by atoms with E-state index in [2.05, 4.69) is 27.4 Å². The first-order valence-corrected chi connectivity index (χ1v) is 11.3. The maximum atomic E-state index is 13.2. The van der Waals surface area contributed by atoms with Gasteiger partial charge in [0.25, 0.3) is 0 Å². The first-order chi connectivity index (χ1) is 15.4. The molecule has 0 bridgehead atoms. The van der Waals surface area contributed by atoms with Crippen molar-refractivity contribution in [3.05, 3.63) is 81.9 Å². The third-order valence-electron chi connectivity index (χ3n) is 6.12. The lowest BCUT2D eigenvalue weighted by atomic mass is 10.0. The zero-order chi connectivity index (χ0) is 22.7. The first-order valence-electron chi connectivity index (χ1n) is 11.0. The third kappa shape index (κ3) is 5.37. The van der Waals surface area contributed by atoms with Crippen LogP contribution in [0.4, 0.5) is 4.39 Å². The first kappa shape index (κ1) is 22.5. The van der Waals surface area contributed by atoms with Gasteiger partial charge in [-0.1, -0.05) is 23.7 Å². The molecule has 0 unspecified atom stereocenters. The molecule has 7 heteroatoms. The van der Waals surface area contributed by atoms with Gasteiger partial charge in [0.15, 0.2) is 0 Å². The molecule has 1 fully saturated rings. The molecule has 2 heterocycles. The van der Waals surface area contributed by atoms with Crippen LogP contribution in [-0.2, 0) is 17.8 Å². The number of amides is 1. The molecule has 32 heavy (non-hydrogen) atoms. The number of nitrogens with zero attached hydrogens (tertiary/aromatic N) is 3. The highest BCUT2D eigenvalue weighted by atomic mass is 35.5. The Morgan fingerprint density at radius 1 is 1.09 bits per heavy atom. The maximum absolute atomic E-state index is 13.2. The normalized spacial score (nSPS) is 15.1. The van der Waals surface area contributed by atoms with Crippen LogP contribution >= 0.6 is 11.6 Å². The summed E-state index contributed by atoms with van der Waals surface area (Å²) in [5.74, 6) is -0.264. The summed E-state index contributed by atoms with van der Waals surface area (Å²) in [6.07, 6.45) is 2.17. The smallest absolute Gasteiger partial charge is 0.224 e. The fourth-order valence-electron chi connectivity index (χ4n) is 4.29. The number of nitrogens with one attached hydrogen (secondary N) is 1. The lowest BCUT2D eigenvalue weighted by molar-refractivity contribution is -0.121. The van der Waals surface area contributed by atoms with Crippen molar-refractivity contribution in [2.24, 2.45) is 0 Å². The Kier molecular flexibility index (Phi) is 6.92. The minimum absolute atomic E-state index is 0.0195. The molecule has 1 aliphatic heterocycles. The van der Waals surface area contributed by atoms with Gasteiger partial charge < -0.3 is 5.32 Å². The highest BCUT2D eigenvalue weighted by molar-refractivity contribution is 6.30. The van der Waals surface area contributed by atoms with Crippen LogP contribution < -0.4 is 5.32 Å². The molecule has 1 amide bonds. The largest absolute Gasteiger partial charge is 0.353 e. The van der Waals surface area contributed by atoms with Crippen molar-refractivity contribution in [2.45, 2.75) is 45.7 Å². The molecule has 168 valence electrons. The number of piperidine rings is 1. The average molecular weight is 455 g/mol. The maximum Gasteiger partial charge on any atom is 0.224 e. The molecule has 1 aromatic heterocycles. The second kappa shape index (κ2) is 9.84. The predicted molar refractivity (Wildman–Crippen MR) is 125 cm³/mol. The van der Waals surface area contributed by atoms with E-state index in [1.54, 1.807) is 16.8 Å². The van der Waals surface area contributed by atoms with Gasteiger partial charge in [0, 0.05) is 42.0 Å². The zero-order valence-electron chi connectivity index (χ0n) is 18.4. The van der Waals surface area contributed by atoms with Crippen LogP contribution in [0.15, 0.2) is 48.5 Å². The summed E-state index contributed by atoms with van der Waals surface area (Å²) in [7, 11) is 0. The summed E-state index contributed by atoms with van der Waals surface area (Å²) >= 11 is 5.96.